The van der Waals surface area contributed by atoms with Crippen LogP contribution in [0.25, 0.3) is 0 Å². The topological polar surface area (TPSA) is 47.3 Å². The van der Waals surface area contributed by atoms with Crippen molar-refractivity contribution in [3.8, 4) is 5.75 Å². The zero-order chi connectivity index (χ0) is 13.1. The Balaban J connectivity index is 2.25. The summed E-state index contributed by atoms with van der Waals surface area (Å²) in [5.41, 5.74) is 9.48. The molecule has 0 saturated carbocycles. The largest absolute Gasteiger partial charge is 0.495 e. The van der Waals surface area contributed by atoms with E-state index in [4.69, 9.17) is 22.1 Å². The molecule has 0 radical (unpaired) electrons. The number of benzene rings is 2. The minimum Gasteiger partial charge on any atom is -0.495 e. The fraction of sp³-hybridized carbons (Fsp3) is 0.143. The Bertz CT molecular complexity index is 549. The molecule has 94 valence electrons. The molecule has 2 aromatic rings. The van der Waals surface area contributed by atoms with Crippen LogP contribution in [0.4, 0.5) is 17.1 Å². The normalized spacial score (nSPS) is 10.2. The standard InChI is InChI=1S/C14H15ClN2O/c1-9-5-10(16)7-12(6-9)17-11-3-4-14(18-2)13(15)8-11/h3-8,17H,16H2,1-2H3. The fourth-order valence-corrected chi connectivity index (χ4v) is 2.05. The molecule has 0 aromatic heterocycles. The monoisotopic (exact) mass is 262 g/mol. The zero-order valence-electron chi connectivity index (χ0n) is 10.3. The van der Waals surface area contributed by atoms with Gasteiger partial charge in [0.25, 0.3) is 0 Å². The van der Waals surface area contributed by atoms with Gasteiger partial charge in [-0.05, 0) is 48.9 Å². The number of rotatable bonds is 3. The van der Waals surface area contributed by atoms with Crippen LogP contribution in [0.3, 0.4) is 0 Å². The minimum atomic E-state index is 0.572. The van der Waals surface area contributed by atoms with Gasteiger partial charge in [-0.2, -0.15) is 0 Å². The van der Waals surface area contributed by atoms with Crippen molar-refractivity contribution in [1.29, 1.82) is 0 Å². The van der Waals surface area contributed by atoms with E-state index in [1.165, 1.54) is 0 Å². The van der Waals surface area contributed by atoms with Crippen molar-refractivity contribution in [1.82, 2.24) is 0 Å². The van der Waals surface area contributed by atoms with Crippen molar-refractivity contribution in [2.45, 2.75) is 6.92 Å². The molecule has 0 aliphatic carbocycles. The maximum atomic E-state index is 6.07. The number of hydrogen-bond donors (Lipinski definition) is 2. The highest BCUT2D eigenvalue weighted by Crippen LogP contribution is 2.29. The van der Waals surface area contributed by atoms with E-state index in [-0.39, 0.29) is 0 Å². The maximum Gasteiger partial charge on any atom is 0.137 e. The summed E-state index contributed by atoms with van der Waals surface area (Å²) < 4.78 is 5.11. The first kappa shape index (κ1) is 12.6. The van der Waals surface area contributed by atoms with Crippen molar-refractivity contribution in [2.75, 3.05) is 18.2 Å². The third-order valence-electron chi connectivity index (χ3n) is 2.54. The predicted molar refractivity (Wildman–Crippen MR) is 76.9 cm³/mol. The van der Waals surface area contributed by atoms with Crippen LogP contribution in [-0.4, -0.2) is 7.11 Å². The molecule has 0 aliphatic heterocycles. The number of ether oxygens (including phenoxy) is 1. The Labute approximate surface area is 112 Å². The van der Waals surface area contributed by atoms with E-state index in [0.717, 1.165) is 22.6 Å². The summed E-state index contributed by atoms with van der Waals surface area (Å²) in [4.78, 5) is 0. The molecule has 0 unspecified atom stereocenters. The van der Waals surface area contributed by atoms with Gasteiger partial charge in [-0.3, -0.25) is 0 Å². The van der Waals surface area contributed by atoms with E-state index in [0.29, 0.717) is 10.8 Å². The Hall–Kier alpha value is -1.87. The third kappa shape index (κ3) is 2.87. The second-order valence-electron chi connectivity index (χ2n) is 4.11. The second-order valence-corrected chi connectivity index (χ2v) is 4.51. The first-order valence-corrected chi connectivity index (χ1v) is 5.94. The zero-order valence-corrected chi connectivity index (χ0v) is 11.1. The lowest BCUT2D eigenvalue weighted by molar-refractivity contribution is 0.415. The van der Waals surface area contributed by atoms with E-state index in [1.807, 2.05) is 43.3 Å². The van der Waals surface area contributed by atoms with Crippen LogP contribution in [0.15, 0.2) is 36.4 Å². The quantitative estimate of drug-likeness (QED) is 0.823. The smallest absolute Gasteiger partial charge is 0.137 e. The van der Waals surface area contributed by atoms with Crippen molar-refractivity contribution in [3.05, 3.63) is 47.0 Å². The van der Waals surface area contributed by atoms with E-state index in [9.17, 15) is 0 Å². The molecule has 4 heteroatoms. The third-order valence-corrected chi connectivity index (χ3v) is 2.84. The molecule has 2 aromatic carbocycles. The molecule has 3 N–H and O–H groups in total. The summed E-state index contributed by atoms with van der Waals surface area (Å²) >= 11 is 6.07. The van der Waals surface area contributed by atoms with Crippen molar-refractivity contribution < 1.29 is 4.74 Å². The lowest BCUT2D eigenvalue weighted by Crippen LogP contribution is -1.94. The Morgan fingerprint density at radius 2 is 1.89 bits per heavy atom. The number of nitrogens with one attached hydrogen (secondary N) is 1. The van der Waals surface area contributed by atoms with Gasteiger partial charge in [0.1, 0.15) is 5.75 Å². The first-order chi connectivity index (χ1) is 8.58. The van der Waals surface area contributed by atoms with Gasteiger partial charge in [-0.1, -0.05) is 11.6 Å². The minimum absolute atomic E-state index is 0.572. The van der Waals surface area contributed by atoms with Crippen molar-refractivity contribution in [2.24, 2.45) is 0 Å². The highest BCUT2D eigenvalue weighted by Gasteiger charge is 2.02. The molecule has 0 heterocycles. The molecule has 0 saturated heterocycles. The summed E-state index contributed by atoms with van der Waals surface area (Å²) in [7, 11) is 1.59. The highest BCUT2D eigenvalue weighted by molar-refractivity contribution is 6.32. The molecule has 0 amide bonds. The summed E-state index contributed by atoms with van der Waals surface area (Å²) in [6.07, 6.45) is 0. The summed E-state index contributed by atoms with van der Waals surface area (Å²) in [6, 6.07) is 11.4. The molecule has 0 spiro atoms. The average molecular weight is 263 g/mol. The van der Waals surface area contributed by atoms with Crippen molar-refractivity contribution >= 4 is 28.7 Å². The number of halogens is 1. The van der Waals surface area contributed by atoms with Crippen LogP contribution in [-0.2, 0) is 0 Å². The molecule has 0 aliphatic rings. The molecular formula is C14H15ClN2O. The molecule has 0 bridgehead atoms. The first-order valence-electron chi connectivity index (χ1n) is 5.56. The van der Waals surface area contributed by atoms with Crippen LogP contribution in [0.1, 0.15) is 5.56 Å². The predicted octanol–water partition coefficient (Wildman–Crippen LogP) is 3.98. The van der Waals surface area contributed by atoms with Gasteiger partial charge < -0.3 is 15.8 Å². The van der Waals surface area contributed by atoms with Gasteiger partial charge in [0.2, 0.25) is 0 Å². The van der Waals surface area contributed by atoms with Gasteiger partial charge in [0, 0.05) is 17.1 Å². The molecule has 2 rings (SSSR count). The number of aryl methyl sites for hydroxylation is 1. The maximum absolute atomic E-state index is 6.07. The van der Waals surface area contributed by atoms with Gasteiger partial charge in [-0.15, -0.1) is 0 Å². The van der Waals surface area contributed by atoms with Gasteiger partial charge in [0.05, 0.1) is 12.1 Å². The average Bonchev–Trinajstić information content (AvgIpc) is 2.27. The van der Waals surface area contributed by atoms with Crippen LogP contribution >= 0.6 is 11.6 Å². The lowest BCUT2D eigenvalue weighted by atomic mass is 10.2. The summed E-state index contributed by atoms with van der Waals surface area (Å²) in [5.74, 6) is 0.658. The van der Waals surface area contributed by atoms with E-state index in [2.05, 4.69) is 5.32 Å². The number of hydrogen-bond acceptors (Lipinski definition) is 3. The lowest BCUT2D eigenvalue weighted by Gasteiger charge is -2.10. The van der Waals surface area contributed by atoms with E-state index >= 15 is 0 Å². The Morgan fingerprint density at radius 1 is 1.11 bits per heavy atom. The van der Waals surface area contributed by atoms with E-state index < -0.39 is 0 Å². The highest BCUT2D eigenvalue weighted by atomic mass is 35.5. The Kier molecular flexibility index (Phi) is 3.63. The number of anilines is 3. The van der Waals surface area contributed by atoms with Crippen molar-refractivity contribution in [3.63, 3.8) is 0 Å². The van der Waals surface area contributed by atoms with Crippen LogP contribution in [0.2, 0.25) is 5.02 Å². The molecule has 0 fully saturated rings. The van der Waals surface area contributed by atoms with Gasteiger partial charge >= 0.3 is 0 Å². The molecular weight excluding hydrogens is 248 g/mol. The molecule has 18 heavy (non-hydrogen) atoms. The second kappa shape index (κ2) is 5.19. The van der Waals surface area contributed by atoms with E-state index in [1.54, 1.807) is 7.11 Å². The van der Waals surface area contributed by atoms with Crippen LogP contribution in [0.5, 0.6) is 5.75 Å². The number of nitrogens with two attached hydrogens (primary N) is 1. The fourth-order valence-electron chi connectivity index (χ4n) is 1.80. The van der Waals surface area contributed by atoms with Crippen LogP contribution in [0, 0.1) is 6.92 Å². The Morgan fingerprint density at radius 3 is 2.50 bits per heavy atom. The summed E-state index contributed by atoms with van der Waals surface area (Å²) in [5, 5.41) is 3.83. The number of methoxy groups -OCH3 is 1. The van der Waals surface area contributed by atoms with Crippen LogP contribution < -0.4 is 15.8 Å². The summed E-state index contributed by atoms with van der Waals surface area (Å²) in [6.45, 7) is 2.00. The SMILES string of the molecule is COc1ccc(Nc2cc(C)cc(N)c2)cc1Cl. The molecule has 3 nitrogen and oxygen atoms in total. The molecule has 0 atom stereocenters. The van der Waals surface area contributed by atoms with Gasteiger partial charge in [-0.25, -0.2) is 0 Å². The van der Waals surface area contributed by atoms with Gasteiger partial charge in [0.15, 0.2) is 0 Å². The number of nitrogen functional groups attached to an aromatic ring is 1.